The van der Waals surface area contributed by atoms with Crippen molar-refractivity contribution in [3.63, 3.8) is 0 Å². The van der Waals surface area contributed by atoms with Gasteiger partial charge in [0.05, 0.1) is 21.7 Å². The number of imide groups is 1. The zero-order valence-corrected chi connectivity index (χ0v) is 21.7. The molecule has 1 aliphatic rings. The summed E-state index contributed by atoms with van der Waals surface area (Å²) in [6.45, 7) is 2.00. The van der Waals surface area contributed by atoms with Crippen LogP contribution >= 0.6 is 11.3 Å². The van der Waals surface area contributed by atoms with E-state index in [1.807, 2.05) is 6.92 Å². The van der Waals surface area contributed by atoms with E-state index in [9.17, 15) is 22.8 Å². The fraction of sp³-hybridized carbons (Fsp3) is 0.115. The number of sulfonamides is 1. The molecule has 1 aromatic heterocycles. The monoisotopic (exact) mass is 547 g/mol. The van der Waals surface area contributed by atoms with Gasteiger partial charge < -0.3 is 0 Å². The number of carbonyl (C=O) groups excluding carboxylic acids is 3. The number of anilines is 2. The second-order valence-electron chi connectivity index (χ2n) is 8.45. The first-order valence-corrected chi connectivity index (χ1v) is 13.8. The molecular formula is C26H21N5O5S2. The highest BCUT2D eigenvalue weighted by Gasteiger charge is 2.36. The Hall–Kier alpha value is -4.26. The van der Waals surface area contributed by atoms with E-state index in [0.717, 1.165) is 21.8 Å². The lowest BCUT2D eigenvalue weighted by Crippen LogP contribution is -2.29. The second-order valence-corrected chi connectivity index (χ2v) is 11.3. The molecule has 3 aromatic carbocycles. The van der Waals surface area contributed by atoms with Gasteiger partial charge in [0.15, 0.2) is 0 Å². The lowest BCUT2D eigenvalue weighted by Gasteiger charge is -2.14. The van der Waals surface area contributed by atoms with Crippen molar-refractivity contribution in [2.75, 3.05) is 16.8 Å². The minimum Gasteiger partial charge on any atom is -0.296 e. The Balaban J connectivity index is 1.17. The smallest absolute Gasteiger partial charge is 0.266 e. The molecule has 12 heteroatoms. The van der Waals surface area contributed by atoms with Gasteiger partial charge in [0.1, 0.15) is 5.01 Å². The third-order valence-corrected chi connectivity index (χ3v) is 8.21. The molecule has 1 aliphatic heterocycles. The highest BCUT2D eigenvalue weighted by atomic mass is 32.2. The predicted octanol–water partition coefficient (Wildman–Crippen LogP) is 3.42. The predicted molar refractivity (Wildman–Crippen MR) is 142 cm³/mol. The SMILES string of the molecule is Cc1ccc(S(=O)(=O)NCCc2nnc(NC(=O)c3ccc(N4C(=O)c5ccccc5C4=O)cc3)s2)cc1. The van der Waals surface area contributed by atoms with Gasteiger partial charge in [-0.2, -0.15) is 0 Å². The van der Waals surface area contributed by atoms with Gasteiger partial charge >= 0.3 is 0 Å². The fourth-order valence-corrected chi connectivity index (χ4v) is 5.62. The third kappa shape index (κ3) is 5.09. The van der Waals surface area contributed by atoms with Gasteiger partial charge in [0.2, 0.25) is 15.2 Å². The maximum atomic E-state index is 12.7. The van der Waals surface area contributed by atoms with Crippen LogP contribution in [0.3, 0.4) is 0 Å². The standard InChI is InChI=1S/C26H21N5O5S2/c1-16-6-12-19(13-7-16)38(35,36)27-15-14-22-29-30-26(37-22)28-23(32)17-8-10-18(11-9-17)31-24(33)20-4-2-3-5-21(20)25(31)34/h2-13,27H,14-15H2,1H3,(H,28,30,32). The molecule has 192 valence electrons. The van der Waals surface area contributed by atoms with Crippen LogP contribution in [0, 0.1) is 6.92 Å². The quantitative estimate of drug-likeness (QED) is 0.322. The van der Waals surface area contributed by atoms with Gasteiger partial charge in [-0.15, -0.1) is 10.2 Å². The molecule has 0 radical (unpaired) electrons. The Morgan fingerprint density at radius 2 is 1.53 bits per heavy atom. The van der Waals surface area contributed by atoms with Crippen LogP contribution < -0.4 is 14.9 Å². The third-order valence-electron chi connectivity index (χ3n) is 5.83. The number of hydrogen-bond donors (Lipinski definition) is 2. The molecule has 2 N–H and O–H groups in total. The Morgan fingerprint density at radius 1 is 0.895 bits per heavy atom. The summed E-state index contributed by atoms with van der Waals surface area (Å²) in [4.78, 5) is 39.3. The van der Waals surface area contributed by atoms with Crippen LogP contribution in [0.15, 0.2) is 77.7 Å². The molecule has 10 nitrogen and oxygen atoms in total. The van der Waals surface area contributed by atoms with E-state index in [4.69, 9.17) is 0 Å². The van der Waals surface area contributed by atoms with Crippen molar-refractivity contribution in [2.45, 2.75) is 18.2 Å². The highest BCUT2D eigenvalue weighted by molar-refractivity contribution is 7.89. The zero-order chi connectivity index (χ0) is 26.9. The first-order valence-electron chi connectivity index (χ1n) is 11.5. The number of carbonyl (C=O) groups is 3. The minimum atomic E-state index is -3.64. The first kappa shape index (κ1) is 25.4. The summed E-state index contributed by atoms with van der Waals surface area (Å²) in [5.41, 5.74) is 2.31. The van der Waals surface area contributed by atoms with Gasteiger partial charge in [0, 0.05) is 18.5 Å². The molecule has 0 aliphatic carbocycles. The summed E-state index contributed by atoms with van der Waals surface area (Å²) in [6, 6.07) is 19.2. The number of aromatic nitrogens is 2. The zero-order valence-electron chi connectivity index (χ0n) is 20.0. The number of nitrogens with zero attached hydrogens (tertiary/aromatic N) is 3. The van der Waals surface area contributed by atoms with E-state index in [0.29, 0.717) is 33.8 Å². The van der Waals surface area contributed by atoms with Crippen LogP contribution in [0.2, 0.25) is 0 Å². The minimum absolute atomic E-state index is 0.123. The van der Waals surface area contributed by atoms with Crippen molar-refractivity contribution in [1.82, 2.24) is 14.9 Å². The largest absolute Gasteiger partial charge is 0.296 e. The van der Waals surface area contributed by atoms with Gasteiger partial charge in [-0.05, 0) is 55.5 Å². The van der Waals surface area contributed by atoms with Crippen molar-refractivity contribution in [2.24, 2.45) is 0 Å². The molecule has 0 saturated heterocycles. The topological polar surface area (TPSA) is 138 Å². The molecule has 3 amide bonds. The van der Waals surface area contributed by atoms with Crippen LogP contribution in [-0.2, 0) is 16.4 Å². The summed E-state index contributed by atoms with van der Waals surface area (Å²) in [7, 11) is -3.64. The van der Waals surface area contributed by atoms with Crippen LogP contribution in [0.25, 0.3) is 0 Å². The molecule has 0 spiro atoms. The molecule has 0 unspecified atom stereocenters. The number of fused-ring (bicyclic) bond motifs is 1. The average molecular weight is 548 g/mol. The molecule has 0 saturated carbocycles. The van der Waals surface area contributed by atoms with Gasteiger partial charge in [0.25, 0.3) is 17.7 Å². The van der Waals surface area contributed by atoms with Gasteiger partial charge in [-0.25, -0.2) is 18.0 Å². The average Bonchev–Trinajstić information content (AvgIpc) is 3.46. The van der Waals surface area contributed by atoms with Crippen LogP contribution in [0.1, 0.15) is 41.6 Å². The lowest BCUT2D eigenvalue weighted by molar-refractivity contribution is 0.0925. The maximum Gasteiger partial charge on any atom is 0.266 e. The van der Waals surface area contributed by atoms with E-state index < -0.39 is 27.7 Å². The van der Waals surface area contributed by atoms with E-state index in [-0.39, 0.29) is 16.6 Å². The van der Waals surface area contributed by atoms with E-state index in [1.165, 1.54) is 24.3 Å². The Kier molecular flexibility index (Phi) is 6.85. The first-order chi connectivity index (χ1) is 18.2. The normalized spacial score (nSPS) is 13.0. The molecule has 0 fully saturated rings. The lowest BCUT2D eigenvalue weighted by atomic mass is 10.1. The summed E-state index contributed by atoms with van der Waals surface area (Å²) < 4.78 is 27.3. The molecular weight excluding hydrogens is 526 g/mol. The summed E-state index contributed by atoms with van der Waals surface area (Å²) >= 11 is 1.13. The van der Waals surface area contributed by atoms with Crippen LogP contribution in [0.5, 0.6) is 0 Å². The van der Waals surface area contributed by atoms with Crippen molar-refractivity contribution in [3.05, 3.63) is 100 Å². The number of nitrogens with one attached hydrogen (secondary N) is 2. The number of hydrogen-bond acceptors (Lipinski definition) is 8. The number of amides is 3. The molecule has 0 atom stereocenters. The van der Waals surface area contributed by atoms with Crippen molar-refractivity contribution in [1.29, 1.82) is 0 Å². The van der Waals surface area contributed by atoms with Gasteiger partial charge in [-0.3, -0.25) is 19.7 Å². The summed E-state index contributed by atoms with van der Waals surface area (Å²) in [5, 5.41) is 11.4. The van der Waals surface area contributed by atoms with Crippen molar-refractivity contribution < 1.29 is 22.8 Å². The summed E-state index contributed by atoms with van der Waals surface area (Å²) in [6.07, 6.45) is 0.299. The Labute approximate surface area is 222 Å². The summed E-state index contributed by atoms with van der Waals surface area (Å²) in [5.74, 6) is -1.27. The van der Waals surface area contributed by atoms with Crippen LogP contribution in [-0.4, -0.2) is 42.9 Å². The Morgan fingerprint density at radius 3 is 2.16 bits per heavy atom. The maximum absolute atomic E-state index is 12.7. The number of aryl methyl sites for hydroxylation is 1. The van der Waals surface area contributed by atoms with Gasteiger partial charge in [-0.1, -0.05) is 41.2 Å². The molecule has 4 aromatic rings. The molecule has 38 heavy (non-hydrogen) atoms. The number of benzene rings is 3. The number of rotatable bonds is 8. The van der Waals surface area contributed by atoms with Crippen molar-refractivity contribution >= 4 is 49.9 Å². The molecule has 2 heterocycles. The molecule has 5 rings (SSSR count). The van der Waals surface area contributed by atoms with Crippen molar-refractivity contribution in [3.8, 4) is 0 Å². The van der Waals surface area contributed by atoms with E-state index in [1.54, 1.807) is 48.5 Å². The van der Waals surface area contributed by atoms with E-state index in [2.05, 4.69) is 20.2 Å². The fourth-order valence-electron chi connectivity index (χ4n) is 3.85. The highest BCUT2D eigenvalue weighted by Crippen LogP contribution is 2.28. The second kappa shape index (κ2) is 10.2. The Bertz CT molecular complexity index is 1610. The molecule has 0 bridgehead atoms. The van der Waals surface area contributed by atoms with E-state index >= 15 is 0 Å². The van der Waals surface area contributed by atoms with Crippen LogP contribution in [0.4, 0.5) is 10.8 Å².